The van der Waals surface area contributed by atoms with Gasteiger partial charge in [-0.25, -0.2) is 13.1 Å². The number of hydrogen-bond acceptors (Lipinski definition) is 6. The number of methoxy groups -OCH3 is 1. The van der Waals surface area contributed by atoms with Crippen molar-refractivity contribution in [3.8, 4) is 0 Å². The summed E-state index contributed by atoms with van der Waals surface area (Å²) in [5, 5.41) is 8.89. The lowest BCUT2D eigenvalue weighted by Gasteiger charge is -2.14. The van der Waals surface area contributed by atoms with Gasteiger partial charge in [0.05, 0.1) is 19.0 Å². The van der Waals surface area contributed by atoms with Crippen molar-refractivity contribution >= 4 is 22.0 Å². The van der Waals surface area contributed by atoms with E-state index in [-0.39, 0.29) is 31.8 Å². The summed E-state index contributed by atoms with van der Waals surface area (Å²) in [6.07, 6.45) is -0.335. The number of carboxylic acid groups (broad SMARTS) is 1. The van der Waals surface area contributed by atoms with Crippen molar-refractivity contribution < 1.29 is 32.6 Å². The predicted octanol–water partition coefficient (Wildman–Crippen LogP) is -0.651. The normalized spacial score (nSPS) is 12.9. The molecule has 0 fully saturated rings. The van der Waals surface area contributed by atoms with Crippen LogP contribution in [0.3, 0.4) is 0 Å². The second kappa shape index (κ2) is 8.83. The number of carbonyl (C=O) groups excluding carboxylic acids is 1. The van der Waals surface area contributed by atoms with Crippen molar-refractivity contribution in [1.82, 2.24) is 4.72 Å². The lowest BCUT2D eigenvalue weighted by molar-refractivity contribution is -0.144. The van der Waals surface area contributed by atoms with Gasteiger partial charge in [0.2, 0.25) is 10.0 Å². The van der Waals surface area contributed by atoms with Gasteiger partial charge in [-0.05, 0) is 13.3 Å². The topological polar surface area (TPSA) is 119 Å². The first-order chi connectivity index (χ1) is 8.82. The summed E-state index contributed by atoms with van der Waals surface area (Å²) in [6, 6.07) is -1.36. The number of esters is 1. The molecule has 19 heavy (non-hydrogen) atoms. The van der Waals surface area contributed by atoms with Crippen molar-refractivity contribution in [3.63, 3.8) is 0 Å². The van der Waals surface area contributed by atoms with Crippen LogP contribution in [0.5, 0.6) is 0 Å². The maximum Gasteiger partial charge on any atom is 0.321 e. The Balaban J connectivity index is 4.42. The van der Waals surface area contributed by atoms with E-state index in [0.717, 1.165) is 0 Å². The Morgan fingerprint density at radius 1 is 1.37 bits per heavy atom. The quantitative estimate of drug-likeness (QED) is 0.514. The van der Waals surface area contributed by atoms with Gasteiger partial charge >= 0.3 is 11.9 Å². The minimum atomic E-state index is -3.76. The molecule has 112 valence electrons. The van der Waals surface area contributed by atoms with Crippen LogP contribution in [0.4, 0.5) is 0 Å². The summed E-state index contributed by atoms with van der Waals surface area (Å²) in [4.78, 5) is 22.0. The largest absolute Gasteiger partial charge is 0.480 e. The van der Waals surface area contributed by atoms with E-state index in [1.54, 1.807) is 6.92 Å². The molecule has 0 rings (SSSR count). The smallest absolute Gasteiger partial charge is 0.321 e. The molecule has 0 amide bonds. The first-order valence-electron chi connectivity index (χ1n) is 5.69. The van der Waals surface area contributed by atoms with E-state index >= 15 is 0 Å². The number of rotatable bonds is 10. The molecule has 1 atom stereocenters. The molecule has 0 saturated heterocycles. The lowest BCUT2D eigenvalue weighted by Crippen LogP contribution is -2.42. The van der Waals surface area contributed by atoms with Gasteiger partial charge in [-0.1, -0.05) is 0 Å². The first-order valence-corrected chi connectivity index (χ1v) is 7.35. The molecule has 0 heterocycles. The van der Waals surface area contributed by atoms with Crippen LogP contribution in [-0.4, -0.2) is 57.6 Å². The van der Waals surface area contributed by atoms with E-state index in [1.165, 1.54) is 7.11 Å². The maximum atomic E-state index is 11.5. The molecule has 0 spiro atoms. The molecule has 9 heteroatoms. The standard InChI is InChI=1S/C10H19NO7S/c1-3-18-9(12)5-4-8(10(13)14)11-19(15,16)7-6-17-2/h8,11H,3-7H2,1-2H3,(H,13,14)/t8-/m0/s1. The number of ether oxygens (including phenoxy) is 2. The molecule has 0 aromatic carbocycles. The van der Waals surface area contributed by atoms with Gasteiger partial charge in [0, 0.05) is 13.5 Å². The third-order valence-corrected chi connectivity index (χ3v) is 3.47. The van der Waals surface area contributed by atoms with E-state index < -0.39 is 28.0 Å². The molecule has 0 aliphatic carbocycles. The van der Waals surface area contributed by atoms with Gasteiger partial charge in [-0.3, -0.25) is 9.59 Å². The monoisotopic (exact) mass is 297 g/mol. The van der Waals surface area contributed by atoms with Gasteiger partial charge in [0.25, 0.3) is 0 Å². The zero-order valence-electron chi connectivity index (χ0n) is 10.9. The number of carbonyl (C=O) groups is 2. The zero-order valence-corrected chi connectivity index (χ0v) is 11.7. The summed E-state index contributed by atoms with van der Waals surface area (Å²) in [5.41, 5.74) is 0. The minimum Gasteiger partial charge on any atom is -0.480 e. The number of sulfonamides is 1. The molecule has 2 N–H and O–H groups in total. The van der Waals surface area contributed by atoms with Crippen LogP contribution in [0.15, 0.2) is 0 Å². The highest BCUT2D eigenvalue weighted by Gasteiger charge is 2.24. The second-order valence-corrected chi connectivity index (χ2v) is 5.54. The van der Waals surface area contributed by atoms with Gasteiger partial charge < -0.3 is 14.6 Å². The van der Waals surface area contributed by atoms with Crippen LogP contribution in [-0.2, 0) is 29.1 Å². The maximum absolute atomic E-state index is 11.5. The molecule has 0 bridgehead atoms. The summed E-state index contributed by atoms with van der Waals surface area (Å²) < 4.78 is 34.3. The van der Waals surface area contributed by atoms with Crippen LogP contribution >= 0.6 is 0 Å². The van der Waals surface area contributed by atoms with E-state index in [4.69, 9.17) is 5.11 Å². The van der Waals surface area contributed by atoms with Crippen molar-refractivity contribution in [1.29, 1.82) is 0 Å². The molecule has 0 radical (unpaired) electrons. The summed E-state index contributed by atoms with van der Waals surface area (Å²) in [7, 11) is -2.42. The summed E-state index contributed by atoms with van der Waals surface area (Å²) in [5.74, 6) is -2.25. The Morgan fingerprint density at radius 2 is 2.00 bits per heavy atom. The van der Waals surface area contributed by atoms with Gasteiger partial charge in [-0.2, -0.15) is 0 Å². The Labute approximate surface area is 112 Å². The van der Waals surface area contributed by atoms with E-state index in [1.807, 2.05) is 4.72 Å². The third kappa shape index (κ3) is 8.51. The number of nitrogens with one attached hydrogen (secondary N) is 1. The Hall–Kier alpha value is -1.19. The molecular weight excluding hydrogens is 278 g/mol. The van der Waals surface area contributed by atoms with E-state index in [9.17, 15) is 18.0 Å². The average molecular weight is 297 g/mol. The van der Waals surface area contributed by atoms with Gasteiger partial charge in [0.15, 0.2) is 0 Å². The van der Waals surface area contributed by atoms with Crippen LogP contribution < -0.4 is 4.72 Å². The molecular formula is C10H19NO7S. The highest BCUT2D eigenvalue weighted by Crippen LogP contribution is 2.02. The molecule has 0 aliphatic heterocycles. The second-order valence-electron chi connectivity index (χ2n) is 3.66. The van der Waals surface area contributed by atoms with Gasteiger partial charge in [-0.15, -0.1) is 0 Å². The molecule has 0 aliphatic rings. The van der Waals surface area contributed by atoms with Crippen molar-refractivity contribution in [2.75, 3.05) is 26.1 Å². The van der Waals surface area contributed by atoms with Crippen LogP contribution in [0.2, 0.25) is 0 Å². The number of carboxylic acids is 1. The molecule has 0 aromatic heterocycles. The minimum absolute atomic E-state index is 0.0421. The van der Waals surface area contributed by atoms with Crippen LogP contribution in [0, 0.1) is 0 Å². The SMILES string of the molecule is CCOC(=O)CC[C@H](NS(=O)(=O)CCOC)C(=O)O. The highest BCUT2D eigenvalue weighted by molar-refractivity contribution is 7.89. The number of aliphatic carboxylic acids is 1. The Bertz CT molecular complexity index is 393. The molecule has 0 saturated carbocycles. The zero-order chi connectivity index (χ0) is 14.9. The van der Waals surface area contributed by atoms with Crippen molar-refractivity contribution in [3.05, 3.63) is 0 Å². The van der Waals surface area contributed by atoms with Crippen LogP contribution in [0.25, 0.3) is 0 Å². The summed E-state index contributed by atoms with van der Waals surface area (Å²) >= 11 is 0. The fourth-order valence-corrected chi connectivity index (χ4v) is 2.35. The van der Waals surface area contributed by atoms with E-state index in [2.05, 4.69) is 9.47 Å². The van der Waals surface area contributed by atoms with Gasteiger partial charge in [0.1, 0.15) is 6.04 Å². The fraction of sp³-hybridized carbons (Fsp3) is 0.800. The highest BCUT2D eigenvalue weighted by atomic mass is 32.2. The third-order valence-electron chi connectivity index (χ3n) is 2.12. The molecule has 8 nitrogen and oxygen atoms in total. The molecule has 0 aromatic rings. The Morgan fingerprint density at radius 3 is 2.47 bits per heavy atom. The number of hydrogen-bond donors (Lipinski definition) is 2. The Kier molecular flexibility index (Phi) is 8.28. The predicted molar refractivity (Wildman–Crippen MR) is 66.1 cm³/mol. The average Bonchev–Trinajstić information content (AvgIpc) is 2.32. The van der Waals surface area contributed by atoms with Crippen LogP contribution in [0.1, 0.15) is 19.8 Å². The first kappa shape index (κ1) is 17.8. The summed E-state index contributed by atoms with van der Waals surface area (Å²) in [6.45, 7) is 1.77. The fourth-order valence-electron chi connectivity index (χ4n) is 1.20. The van der Waals surface area contributed by atoms with Crippen molar-refractivity contribution in [2.45, 2.75) is 25.8 Å². The molecule has 0 unspecified atom stereocenters. The van der Waals surface area contributed by atoms with E-state index in [0.29, 0.717) is 0 Å². The van der Waals surface area contributed by atoms with Crippen molar-refractivity contribution in [2.24, 2.45) is 0 Å². The lowest BCUT2D eigenvalue weighted by atomic mass is 10.2.